The lowest BCUT2D eigenvalue weighted by Gasteiger charge is -2.20. The van der Waals surface area contributed by atoms with Gasteiger partial charge in [-0.05, 0) is 49.1 Å². The molecule has 124 valence electrons. The topological polar surface area (TPSA) is 71.1 Å². The van der Waals surface area contributed by atoms with E-state index in [0.717, 1.165) is 23.2 Å². The van der Waals surface area contributed by atoms with Crippen molar-refractivity contribution in [3.05, 3.63) is 42.1 Å². The molecule has 3 atom stereocenters. The van der Waals surface area contributed by atoms with Gasteiger partial charge in [0.2, 0.25) is 5.91 Å². The number of hydrogen-bond acceptors (Lipinski definition) is 3. The fraction of sp³-hybridized carbons (Fsp3) is 0.421. The van der Waals surface area contributed by atoms with Gasteiger partial charge in [0.15, 0.2) is 0 Å². The van der Waals surface area contributed by atoms with Gasteiger partial charge < -0.3 is 0 Å². The smallest absolute Gasteiger partial charge is 0.273 e. The highest BCUT2D eigenvalue weighted by atomic mass is 16.2. The number of hydrogen-bond donors (Lipinski definition) is 2. The molecule has 5 nitrogen and oxygen atoms in total. The first-order valence-electron chi connectivity index (χ1n) is 8.64. The van der Waals surface area contributed by atoms with E-state index in [0.29, 0.717) is 24.0 Å². The van der Waals surface area contributed by atoms with Crippen LogP contribution in [0.4, 0.5) is 0 Å². The van der Waals surface area contributed by atoms with E-state index in [4.69, 9.17) is 0 Å². The Hall–Kier alpha value is -2.43. The van der Waals surface area contributed by atoms with E-state index < -0.39 is 0 Å². The van der Waals surface area contributed by atoms with Gasteiger partial charge in [0.05, 0.1) is 5.52 Å². The molecule has 4 rings (SSSR count). The van der Waals surface area contributed by atoms with Crippen molar-refractivity contribution < 1.29 is 9.59 Å². The molecule has 1 aromatic carbocycles. The normalized spacial score (nSPS) is 24.9. The lowest BCUT2D eigenvalue weighted by Crippen LogP contribution is -2.42. The molecule has 0 saturated heterocycles. The summed E-state index contributed by atoms with van der Waals surface area (Å²) in [5, 5.41) is 0.981. The summed E-state index contributed by atoms with van der Waals surface area (Å²) in [7, 11) is 0. The molecule has 2 aliphatic rings. The predicted molar refractivity (Wildman–Crippen MR) is 90.9 cm³/mol. The molecule has 1 heterocycles. The predicted octanol–water partition coefficient (Wildman–Crippen LogP) is 2.82. The molecular formula is C19H21N3O2. The third-order valence-corrected chi connectivity index (χ3v) is 5.48. The number of rotatable bonds is 3. The molecule has 3 unspecified atom stereocenters. The zero-order chi connectivity index (χ0) is 16.5. The van der Waals surface area contributed by atoms with Crippen LogP contribution in [0.25, 0.3) is 10.9 Å². The van der Waals surface area contributed by atoms with Crippen LogP contribution in [-0.4, -0.2) is 16.8 Å². The zero-order valence-electron chi connectivity index (χ0n) is 13.5. The average Bonchev–Trinajstić information content (AvgIpc) is 3.22. The number of nitrogens with one attached hydrogen (secondary N) is 2. The second-order valence-corrected chi connectivity index (χ2v) is 7.03. The summed E-state index contributed by atoms with van der Waals surface area (Å²) in [6, 6.07) is 11.1. The maximum Gasteiger partial charge on any atom is 0.288 e. The van der Waals surface area contributed by atoms with Gasteiger partial charge in [-0.2, -0.15) is 0 Å². The van der Waals surface area contributed by atoms with E-state index in [1.807, 2.05) is 30.3 Å². The highest BCUT2D eigenvalue weighted by Gasteiger charge is 2.40. The van der Waals surface area contributed by atoms with Crippen LogP contribution in [0.5, 0.6) is 0 Å². The average molecular weight is 323 g/mol. The van der Waals surface area contributed by atoms with Crippen LogP contribution in [0.15, 0.2) is 36.4 Å². The number of carbonyl (C=O) groups excluding carboxylic acids is 2. The molecule has 2 bridgehead atoms. The summed E-state index contributed by atoms with van der Waals surface area (Å²) in [5.74, 6) is 1.52. The highest BCUT2D eigenvalue weighted by molar-refractivity contribution is 5.95. The van der Waals surface area contributed by atoms with E-state index in [1.165, 1.54) is 19.3 Å². The maximum atomic E-state index is 12.2. The molecular weight excluding hydrogens is 302 g/mol. The summed E-state index contributed by atoms with van der Waals surface area (Å²) >= 11 is 0. The number of pyridine rings is 1. The third kappa shape index (κ3) is 2.98. The SMILES string of the molecule is O=C(CC1CC2CCC1C2)NNC(=O)c1ccc2ccccc2n1. The van der Waals surface area contributed by atoms with Crippen molar-refractivity contribution >= 4 is 22.7 Å². The molecule has 1 aromatic heterocycles. The van der Waals surface area contributed by atoms with Gasteiger partial charge in [-0.3, -0.25) is 20.4 Å². The first-order valence-corrected chi connectivity index (χ1v) is 8.64. The molecule has 2 saturated carbocycles. The second-order valence-electron chi connectivity index (χ2n) is 7.03. The quantitative estimate of drug-likeness (QED) is 0.853. The van der Waals surface area contributed by atoms with Crippen LogP contribution >= 0.6 is 0 Å². The van der Waals surface area contributed by atoms with Crippen LogP contribution in [0.1, 0.15) is 42.6 Å². The molecule has 0 spiro atoms. The van der Waals surface area contributed by atoms with E-state index in [9.17, 15) is 9.59 Å². The van der Waals surface area contributed by atoms with E-state index >= 15 is 0 Å². The summed E-state index contributed by atoms with van der Waals surface area (Å²) < 4.78 is 0. The first-order chi connectivity index (χ1) is 11.7. The highest BCUT2D eigenvalue weighted by Crippen LogP contribution is 2.49. The van der Waals surface area contributed by atoms with Gasteiger partial charge in [0.25, 0.3) is 5.91 Å². The van der Waals surface area contributed by atoms with E-state index in [2.05, 4.69) is 15.8 Å². The number of fused-ring (bicyclic) bond motifs is 3. The van der Waals surface area contributed by atoms with Crippen LogP contribution in [0.3, 0.4) is 0 Å². The number of benzene rings is 1. The Kier molecular flexibility index (Phi) is 3.92. The largest absolute Gasteiger partial charge is 0.288 e. The van der Waals surface area contributed by atoms with Gasteiger partial charge in [-0.15, -0.1) is 0 Å². The standard InChI is InChI=1S/C19H21N3O2/c23-18(11-15-10-12-5-6-14(15)9-12)21-22-19(24)17-8-7-13-3-1-2-4-16(13)20-17/h1-4,7-8,12,14-15H,5-6,9-11H2,(H,21,23)(H,22,24). The van der Waals surface area contributed by atoms with Crippen LogP contribution in [0, 0.1) is 17.8 Å². The van der Waals surface area contributed by atoms with Crippen LogP contribution in [0.2, 0.25) is 0 Å². The maximum absolute atomic E-state index is 12.2. The van der Waals surface area contributed by atoms with Gasteiger partial charge >= 0.3 is 0 Å². The van der Waals surface area contributed by atoms with E-state index in [-0.39, 0.29) is 11.8 Å². The minimum Gasteiger partial charge on any atom is -0.273 e. The Labute approximate surface area is 140 Å². The molecule has 24 heavy (non-hydrogen) atoms. The third-order valence-electron chi connectivity index (χ3n) is 5.48. The molecule has 2 N–H and O–H groups in total. The van der Waals surface area contributed by atoms with E-state index in [1.54, 1.807) is 6.07 Å². The summed E-state index contributed by atoms with van der Waals surface area (Å²) in [4.78, 5) is 28.6. The number of aromatic nitrogens is 1. The number of nitrogens with zero attached hydrogens (tertiary/aromatic N) is 1. The minimum absolute atomic E-state index is 0.110. The summed E-state index contributed by atoms with van der Waals surface area (Å²) in [6.07, 6.45) is 5.54. The zero-order valence-corrected chi connectivity index (χ0v) is 13.5. The second kappa shape index (κ2) is 6.23. The molecule has 2 aromatic rings. The monoisotopic (exact) mass is 323 g/mol. The Morgan fingerprint density at radius 3 is 2.71 bits per heavy atom. The number of para-hydroxylation sites is 1. The lowest BCUT2D eigenvalue weighted by atomic mass is 9.86. The molecule has 2 amide bonds. The molecule has 0 aliphatic heterocycles. The molecule has 5 heteroatoms. The number of amides is 2. The van der Waals surface area contributed by atoms with Crippen LogP contribution in [-0.2, 0) is 4.79 Å². The number of hydrazine groups is 1. The Bertz CT molecular complexity index is 789. The van der Waals surface area contributed by atoms with Crippen molar-refractivity contribution in [2.45, 2.75) is 32.1 Å². The van der Waals surface area contributed by atoms with Crippen molar-refractivity contribution in [2.24, 2.45) is 17.8 Å². The Balaban J connectivity index is 1.32. The summed E-state index contributed by atoms with van der Waals surface area (Å²) in [6.45, 7) is 0. The minimum atomic E-state index is -0.387. The van der Waals surface area contributed by atoms with Crippen molar-refractivity contribution in [1.29, 1.82) is 0 Å². The van der Waals surface area contributed by atoms with Crippen molar-refractivity contribution in [3.8, 4) is 0 Å². The molecule has 0 radical (unpaired) electrons. The van der Waals surface area contributed by atoms with Crippen molar-refractivity contribution in [1.82, 2.24) is 15.8 Å². The van der Waals surface area contributed by atoms with Gasteiger partial charge in [-0.25, -0.2) is 4.98 Å². The van der Waals surface area contributed by atoms with Gasteiger partial charge in [0, 0.05) is 11.8 Å². The van der Waals surface area contributed by atoms with Crippen LogP contribution < -0.4 is 10.9 Å². The fourth-order valence-electron chi connectivity index (χ4n) is 4.30. The molecule has 2 aliphatic carbocycles. The van der Waals surface area contributed by atoms with Crippen molar-refractivity contribution in [2.75, 3.05) is 0 Å². The Morgan fingerprint density at radius 2 is 1.92 bits per heavy atom. The first kappa shape index (κ1) is 15.1. The summed E-state index contributed by atoms with van der Waals surface area (Å²) in [5.41, 5.74) is 6.08. The van der Waals surface area contributed by atoms with Gasteiger partial charge in [0.1, 0.15) is 5.69 Å². The van der Waals surface area contributed by atoms with Gasteiger partial charge in [-0.1, -0.05) is 30.7 Å². The fourth-order valence-corrected chi connectivity index (χ4v) is 4.30. The lowest BCUT2D eigenvalue weighted by molar-refractivity contribution is -0.123. The number of carbonyl (C=O) groups is 2. The van der Waals surface area contributed by atoms with Crippen molar-refractivity contribution in [3.63, 3.8) is 0 Å². The molecule has 2 fully saturated rings. The Morgan fingerprint density at radius 1 is 1.04 bits per heavy atom.